The van der Waals surface area contributed by atoms with E-state index in [1.807, 2.05) is 0 Å². The lowest BCUT2D eigenvalue weighted by Crippen LogP contribution is -2.39. The number of hydrogen-bond acceptors (Lipinski definition) is 4. The second-order valence-electron chi connectivity index (χ2n) is 6.17. The minimum atomic E-state index is 0.121. The minimum Gasteiger partial charge on any atom is -0.369 e. The molecule has 2 atom stereocenters. The van der Waals surface area contributed by atoms with Crippen molar-refractivity contribution in [3.8, 4) is 0 Å². The van der Waals surface area contributed by atoms with Gasteiger partial charge in [-0.15, -0.1) is 11.3 Å². The Morgan fingerprint density at radius 2 is 2.11 bits per heavy atom. The third-order valence-electron chi connectivity index (χ3n) is 3.49. The molecular weight excluding hydrogens is 244 g/mol. The topological polar surface area (TPSA) is 48.1 Å². The zero-order chi connectivity index (χ0) is 13.2. The summed E-state index contributed by atoms with van der Waals surface area (Å²) < 4.78 is 5.93. The molecule has 0 saturated heterocycles. The van der Waals surface area contributed by atoms with E-state index in [2.05, 4.69) is 31.1 Å². The van der Waals surface area contributed by atoms with Gasteiger partial charge >= 0.3 is 0 Å². The number of rotatable bonds is 3. The van der Waals surface area contributed by atoms with E-state index in [0.29, 0.717) is 6.61 Å². The van der Waals surface area contributed by atoms with E-state index in [1.165, 1.54) is 12.8 Å². The summed E-state index contributed by atoms with van der Waals surface area (Å²) in [5.41, 5.74) is 7.35. The van der Waals surface area contributed by atoms with E-state index in [9.17, 15) is 0 Å². The van der Waals surface area contributed by atoms with Crippen molar-refractivity contribution in [2.24, 2.45) is 5.73 Å². The third kappa shape index (κ3) is 3.53. The number of ether oxygens (including phenoxy) is 1. The zero-order valence-electron chi connectivity index (χ0n) is 11.6. The van der Waals surface area contributed by atoms with Crippen LogP contribution in [0.25, 0.3) is 0 Å². The first-order valence-electron chi connectivity index (χ1n) is 6.79. The highest BCUT2D eigenvalue weighted by Crippen LogP contribution is 2.25. The Kier molecular flexibility index (Phi) is 4.41. The van der Waals surface area contributed by atoms with Crippen LogP contribution in [0.2, 0.25) is 0 Å². The highest BCUT2D eigenvalue weighted by molar-refractivity contribution is 7.09. The summed E-state index contributed by atoms with van der Waals surface area (Å²) in [6.07, 6.45) is 4.89. The van der Waals surface area contributed by atoms with E-state index < -0.39 is 0 Å². The highest BCUT2D eigenvalue weighted by Gasteiger charge is 2.23. The fourth-order valence-electron chi connectivity index (χ4n) is 2.23. The van der Waals surface area contributed by atoms with Crippen LogP contribution in [0.5, 0.6) is 0 Å². The highest BCUT2D eigenvalue weighted by atomic mass is 32.1. The third-order valence-corrected chi connectivity index (χ3v) is 4.32. The quantitative estimate of drug-likeness (QED) is 0.915. The Morgan fingerprint density at radius 1 is 1.39 bits per heavy atom. The van der Waals surface area contributed by atoms with Gasteiger partial charge in [-0.25, -0.2) is 4.98 Å². The van der Waals surface area contributed by atoms with Crippen molar-refractivity contribution in [2.75, 3.05) is 0 Å². The molecule has 1 aromatic heterocycles. The average Bonchev–Trinajstić information content (AvgIpc) is 2.76. The van der Waals surface area contributed by atoms with Gasteiger partial charge in [-0.05, 0) is 12.8 Å². The van der Waals surface area contributed by atoms with Crippen LogP contribution in [0.4, 0.5) is 0 Å². The molecular formula is C14H24N2OS. The minimum absolute atomic E-state index is 0.121. The molecule has 1 saturated carbocycles. The van der Waals surface area contributed by atoms with E-state index in [0.717, 1.165) is 23.5 Å². The molecule has 0 amide bonds. The predicted octanol–water partition coefficient (Wildman–Crippen LogP) is 3.23. The van der Waals surface area contributed by atoms with Crippen LogP contribution in [0.3, 0.4) is 0 Å². The Labute approximate surface area is 114 Å². The van der Waals surface area contributed by atoms with Crippen molar-refractivity contribution in [3.63, 3.8) is 0 Å². The molecule has 2 N–H and O–H groups in total. The lowest BCUT2D eigenvalue weighted by molar-refractivity contribution is 0.00390. The fourth-order valence-corrected chi connectivity index (χ4v) is 3.17. The molecule has 0 bridgehead atoms. The van der Waals surface area contributed by atoms with Gasteiger partial charge in [0, 0.05) is 16.8 Å². The van der Waals surface area contributed by atoms with Crippen molar-refractivity contribution in [2.45, 2.75) is 70.6 Å². The number of thiazole rings is 1. The van der Waals surface area contributed by atoms with E-state index in [-0.39, 0.29) is 17.6 Å². The predicted molar refractivity (Wildman–Crippen MR) is 75.8 cm³/mol. The first kappa shape index (κ1) is 14.0. The van der Waals surface area contributed by atoms with Gasteiger partial charge < -0.3 is 10.5 Å². The zero-order valence-corrected chi connectivity index (χ0v) is 12.4. The maximum absolute atomic E-state index is 6.08. The Hall–Kier alpha value is -0.450. The van der Waals surface area contributed by atoms with Crippen molar-refractivity contribution in [3.05, 3.63) is 16.1 Å². The Bertz CT molecular complexity index is 383. The lowest BCUT2D eigenvalue weighted by Gasteiger charge is -2.28. The second kappa shape index (κ2) is 5.68. The van der Waals surface area contributed by atoms with Crippen LogP contribution < -0.4 is 5.73 Å². The van der Waals surface area contributed by atoms with Crippen LogP contribution in [0.1, 0.15) is 57.2 Å². The number of hydrogen-bond donors (Lipinski definition) is 1. The normalized spacial score (nSPS) is 25.3. The van der Waals surface area contributed by atoms with Crippen LogP contribution in [0, 0.1) is 0 Å². The van der Waals surface area contributed by atoms with Gasteiger partial charge in [0.05, 0.1) is 18.4 Å². The molecule has 0 aromatic carbocycles. The smallest absolute Gasteiger partial charge is 0.119 e. The molecule has 0 spiro atoms. The number of nitrogens with two attached hydrogens (primary N) is 1. The Morgan fingerprint density at radius 3 is 2.72 bits per heavy atom. The molecule has 102 valence electrons. The van der Waals surface area contributed by atoms with Crippen molar-refractivity contribution in [1.29, 1.82) is 0 Å². The van der Waals surface area contributed by atoms with Gasteiger partial charge in [0.25, 0.3) is 0 Å². The summed E-state index contributed by atoms with van der Waals surface area (Å²) in [7, 11) is 0. The van der Waals surface area contributed by atoms with E-state index in [4.69, 9.17) is 10.5 Å². The molecule has 1 aromatic rings. The molecule has 1 aliphatic rings. The van der Waals surface area contributed by atoms with E-state index >= 15 is 0 Å². The van der Waals surface area contributed by atoms with Gasteiger partial charge in [-0.3, -0.25) is 0 Å². The molecule has 1 fully saturated rings. The molecule has 18 heavy (non-hydrogen) atoms. The second-order valence-corrected chi connectivity index (χ2v) is 7.12. The monoisotopic (exact) mass is 268 g/mol. The largest absolute Gasteiger partial charge is 0.369 e. The summed E-state index contributed by atoms with van der Waals surface area (Å²) in [6.45, 7) is 7.16. The molecule has 2 rings (SSSR count). The first-order chi connectivity index (χ1) is 8.47. The summed E-state index contributed by atoms with van der Waals surface area (Å²) in [4.78, 5) is 4.64. The maximum atomic E-state index is 6.08. The van der Waals surface area contributed by atoms with Gasteiger partial charge in [-0.2, -0.15) is 0 Å². The maximum Gasteiger partial charge on any atom is 0.119 e. The number of nitrogens with zero attached hydrogens (tertiary/aromatic N) is 1. The van der Waals surface area contributed by atoms with Crippen LogP contribution in [-0.2, 0) is 16.8 Å². The van der Waals surface area contributed by atoms with Gasteiger partial charge in [0.1, 0.15) is 5.01 Å². The molecule has 4 heteroatoms. The molecule has 3 nitrogen and oxygen atoms in total. The SMILES string of the molecule is CC(C)(C)c1csc(COC2CCCCC2N)n1. The summed E-state index contributed by atoms with van der Waals surface area (Å²) >= 11 is 1.69. The fraction of sp³-hybridized carbons (Fsp3) is 0.786. The average molecular weight is 268 g/mol. The van der Waals surface area contributed by atoms with Crippen LogP contribution >= 0.6 is 11.3 Å². The number of aromatic nitrogens is 1. The Balaban J connectivity index is 1.88. The molecule has 1 heterocycles. The van der Waals surface area contributed by atoms with Gasteiger partial charge in [-0.1, -0.05) is 33.6 Å². The molecule has 0 aliphatic heterocycles. The molecule has 2 unspecified atom stereocenters. The van der Waals surface area contributed by atoms with Crippen LogP contribution in [0.15, 0.2) is 5.38 Å². The van der Waals surface area contributed by atoms with Crippen LogP contribution in [-0.4, -0.2) is 17.1 Å². The summed E-state index contributed by atoms with van der Waals surface area (Å²) in [5.74, 6) is 0. The summed E-state index contributed by atoms with van der Waals surface area (Å²) in [6, 6.07) is 0.209. The van der Waals surface area contributed by atoms with Gasteiger partial charge in [0.15, 0.2) is 0 Å². The van der Waals surface area contributed by atoms with Crippen molar-refractivity contribution >= 4 is 11.3 Å². The van der Waals surface area contributed by atoms with Gasteiger partial charge in [0.2, 0.25) is 0 Å². The van der Waals surface area contributed by atoms with E-state index in [1.54, 1.807) is 11.3 Å². The molecule has 0 radical (unpaired) electrons. The summed E-state index contributed by atoms with van der Waals surface area (Å²) in [5, 5.41) is 3.21. The first-order valence-corrected chi connectivity index (χ1v) is 7.67. The lowest BCUT2D eigenvalue weighted by atomic mass is 9.93. The standard InChI is InChI=1S/C14H24N2OS/c1-14(2,3)12-9-18-13(16-12)8-17-11-7-5-4-6-10(11)15/h9-11H,4-8,15H2,1-3H3. The van der Waals surface area contributed by atoms with Crippen molar-refractivity contribution < 1.29 is 4.74 Å². The molecule has 1 aliphatic carbocycles. The van der Waals surface area contributed by atoms with Crippen molar-refractivity contribution in [1.82, 2.24) is 4.98 Å².